The smallest absolute Gasteiger partial charge is 0.227 e. The van der Waals surface area contributed by atoms with E-state index in [1.165, 1.54) is 33.7 Å². The Labute approximate surface area is 194 Å². The van der Waals surface area contributed by atoms with Gasteiger partial charge in [0, 0.05) is 17.8 Å². The molecule has 0 aliphatic rings. The van der Waals surface area contributed by atoms with Crippen molar-refractivity contribution in [1.82, 2.24) is 9.97 Å². The summed E-state index contributed by atoms with van der Waals surface area (Å²) < 4.78 is 55.0. The predicted molar refractivity (Wildman–Crippen MR) is 118 cm³/mol. The molecule has 176 valence electrons. The molecular weight excluding hydrogens is 460 g/mol. The summed E-state index contributed by atoms with van der Waals surface area (Å²) in [6.07, 6.45) is 2.74. The van der Waals surface area contributed by atoms with Crippen molar-refractivity contribution < 1.29 is 32.5 Å². The van der Waals surface area contributed by atoms with Crippen LogP contribution in [0.2, 0.25) is 0 Å². The molecule has 0 radical (unpaired) electrons. The van der Waals surface area contributed by atoms with E-state index >= 15 is 0 Å². The van der Waals surface area contributed by atoms with Crippen LogP contribution in [-0.2, 0) is 6.61 Å². The third-order valence-corrected chi connectivity index (χ3v) is 4.58. The lowest BCUT2D eigenvalue weighted by atomic mass is 10.1. The van der Waals surface area contributed by atoms with Crippen LogP contribution in [0.4, 0.5) is 20.4 Å². The minimum absolute atomic E-state index is 0.156. The van der Waals surface area contributed by atoms with E-state index in [4.69, 9.17) is 35.3 Å². The summed E-state index contributed by atoms with van der Waals surface area (Å²) in [6.45, 7) is -0.0919. The van der Waals surface area contributed by atoms with Gasteiger partial charge < -0.3 is 29.0 Å². The maximum atomic E-state index is 14.5. The summed E-state index contributed by atoms with van der Waals surface area (Å²) in [4.78, 5) is 8.31. The summed E-state index contributed by atoms with van der Waals surface area (Å²) in [5, 5.41) is 3.02. The zero-order valence-corrected chi connectivity index (χ0v) is 18.9. The molecule has 2 aromatic carbocycles. The molecule has 1 aromatic heterocycles. The number of hydrogen-bond donors (Lipinski definition) is 1. The summed E-state index contributed by atoms with van der Waals surface area (Å²) in [6, 6.07) is 6.35. The number of nitrogens with one attached hydrogen (secondary N) is 1. The van der Waals surface area contributed by atoms with E-state index in [2.05, 4.69) is 15.3 Å². The van der Waals surface area contributed by atoms with Crippen molar-refractivity contribution in [2.24, 2.45) is 0 Å². The number of methoxy groups -OCH3 is 3. The lowest BCUT2D eigenvalue weighted by Gasteiger charge is -2.14. The number of ether oxygens (including phenoxy) is 5. The minimum atomic E-state index is -0.873. The Morgan fingerprint density at radius 3 is 2.06 bits per heavy atom. The molecule has 0 unspecified atom stereocenters. The monoisotopic (exact) mass is 481 g/mol. The fourth-order valence-corrected chi connectivity index (χ4v) is 2.90. The second kappa shape index (κ2) is 11.4. The van der Waals surface area contributed by atoms with Gasteiger partial charge in [0.05, 0.1) is 45.2 Å². The van der Waals surface area contributed by atoms with E-state index in [0.717, 1.165) is 6.07 Å². The lowest BCUT2D eigenvalue weighted by molar-refractivity contribution is 0.280. The molecule has 0 spiro atoms. The molecule has 3 aromatic rings. The van der Waals surface area contributed by atoms with Crippen LogP contribution < -0.4 is 29.0 Å². The molecule has 1 N–H and O–H groups in total. The second-order valence-corrected chi connectivity index (χ2v) is 6.82. The Kier molecular flexibility index (Phi) is 8.31. The zero-order chi connectivity index (χ0) is 23.8. The molecule has 8 nitrogen and oxygen atoms in total. The number of hydrogen-bond acceptors (Lipinski definition) is 8. The van der Waals surface area contributed by atoms with E-state index < -0.39 is 18.2 Å². The number of halogens is 3. The summed E-state index contributed by atoms with van der Waals surface area (Å²) in [5.74, 6) is -0.165. The van der Waals surface area contributed by atoms with Gasteiger partial charge in [0.2, 0.25) is 5.95 Å². The molecule has 0 amide bonds. The van der Waals surface area contributed by atoms with Gasteiger partial charge in [0.15, 0.2) is 40.4 Å². The minimum Gasteiger partial charge on any atom is -0.494 e. The van der Waals surface area contributed by atoms with Gasteiger partial charge in [-0.05, 0) is 12.1 Å². The second-order valence-electron chi connectivity index (χ2n) is 6.45. The van der Waals surface area contributed by atoms with E-state index in [-0.39, 0.29) is 28.8 Å². The van der Waals surface area contributed by atoms with Crippen LogP contribution in [-0.4, -0.2) is 43.8 Å². The molecule has 3 rings (SSSR count). The number of nitrogens with zero attached hydrogens (tertiary/aromatic N) is 2. The number of alkyl halides is 1. The summed E-state index contributed by atoms with van der Waals surface area (Å²) in [5.41, 5.74) is 0.317. The molecular formula is C22H22ClF2N3O5. The number of rotatable bonds is 11. The van der Waals surface area contributed by atoms with Crippen molar-refractivity contribution in [3.63, 3.8) is 0 Å². The van der Waals surface area contributed by atoms with Gasteiger partial charge in [-0.25, -0.2) is 18.7 Å². The van der Waals surface area contributed by atoms with E-state index in [9.17, 15) is 8.78 Å². The fraction of sp³-hybridized carbons (Fsp3) is 0.273. The predicted octanol–water partition coefficient (Wildman–Crippen LogP) is 4.72. The van der Waals surface area contributed by atoms with Crippen molar-refractivity contribution in [3.05, 3.63) is 53.9 Å². The quantitative estimate of drug-likeness (QED) is 0.394. The average molecular weight is 482 g/mol. The molecule has 0 bridgehead atoms. The van der Waals surface area contributed by atoms with Gasteiger partial charge in [0.25, 0.3) is 0 Å². The van der Waals surface area contributed by atoms with Gasteiger partial charge in [-0.15, -0.1) is 11.6 Å². The first kappa shape index (κ1) is 24.1. The van der Waals surface area contributed by atoms with Crippen LogP contribution in [0.5, 0.6) is 28.7 Å². The van der Waals surface area contributed by atoms with Crippen LogP contribution >= 0.6 is 11.6 Å². The molecule has 0 saturated carbocycles. The molecule has 33 heavy (non-hydrogen) atoms. The Bertz CT molecular complexity index is 1060. The number of benzene rings is 2. The van der Waals surface area contributed by atoms with Crippen molar-refractivity contribution in [2.75, 3.05) is 39.1 Å². The lowest BCUT2D eigenvalue weighted by Crippen LogP contribution is -2.06. The Hall–Kier alpha value is -3.53. The van der Waals surface area contributed by atoms with Crippen LogP contribution in [0, 0.1) is 11.6 Å². The van der Waals surface area contributed by atoms with Crippen molar-refractivity contribution in [2.45, 2.75) is 6.61 Å². The molecule has 0 aliphatic carbocycles. The maximum absolute atomic E-state index is 14.5. The number of anilines is 2. The molecule has 0 aliphatic heterocycles. The third kappa shape index (κ3) is 5.83. The Morgan fingerprint density at radius 2 is 1.48 bits per heavy atom. The van der Waals surface area contributed by atoms with Crippen LogP contribution in [0.15, 0.2) is 36.7 Å². The first-order chi connectivity index (χ1) is 16.0. The molecule has 11 heteroatoms. The number of aromatic nitrogens is 2. The van der Waals surface area contributed by atoms with Gasteiger partial charge in [-0.2, -0.15) is 0 Å². The highest BCUT2D eigenvalue weighted by molar-refractivity contribution is 6.18. The Morgan fingerprint density at radius 1 is 0.848 bits per heavy atom. The van der Waals surface area contributed by atoms with Crippen LogP contribution in [0.3, 0.4) is 0 Å². The highest BCUT2D eigenvalue weighted by atomic mass is 35.5. The Balaban J connectivity index is 1.69. The van der Waals surface area contributed by atoms with Gasteiger partial charge in [-0.1, -0.05) is 0 Å². The van der Waals surface area contributed by atoms with Crippen LogP contribution in [0.1, 0.15) is 5.56 Å². The van der Waals surface area contributed by atoms with Gasteiger partial charge in [-0.3, -0.25) is 0 Å². The SMILES string of the molecule is COc1ccc(Nc2ncc(OCc3c(F)c(OC)cc(OC)c3F)cn2)cc1OCCCl. The van der Waals surface area contributed by atoms with Crippen molar-refractivity contribution >= 4 is 23.2 Å². The molecule has 0 saturated heterocycles. The van der Waals surface area contributed by atoms with E-state index in [1.54, 1.807) is 18.2 Å². The molecule has 0 atom stereocenters. The first-order valence-corrected chi connectivity index (χ1v) is 10.2. The molecule has 0 fully saturated rings. The zero-order valence-electron chi connectivity index (χ0n) is 18.2. The van der Waals surface area contributed by atoms with Gasteiger partial charge >= 0.3 is 0 Å². The van der Waals surface area contributed by atoms with E-state index in [0.29, 0.717) is 29.7 Å². The normalized spacial score (nSPS) is 10.5. The average Bonchev–Trinajstić information content (AvgIpc) is 2.84. The van der Waals surface area contributed by atoms with E-state index in [1.807, 2.05) is 0 Å². The summed E-state index contributed by atoms with van der Waals surface area (Å²) >= 11 is 5.68. The van der Waals surface area contributed by atoms with Crippen molar-refractivity contribution in [1.29, 1.82) is 0 Å². The highest BCUT2D eigenvalue weighted by Gasteiger charge is 2.20. The third-order valence-electron chi connectivity index (χ3n) is 4.43. The highest BCUT2D eigenvalue weighted by Crippen LogP contribution is 2.33. The standard InChI is InChI=1S/C22H22ClF2N3O5/c1-29-16-5-4-13(8-17(16)32-7-6-23)28-22-26-10-14(11-27-22)33-12-15-20(24)18(30-2)9-19(31-3)21(15)25/h4-5,8-11H,6-7,12H2,1-3H3,(H,26,27,28). The topological polar surface area (TPSA) is 84.0 Å². The van der Waals surface area contributed by atoms with Crippen LogP contribution in [0.25, 0.3) is 0 Å². The first-order valence-electron chi connectivity index (χ1n) is 9.68. The van der Waals surface area contributed by atoms with Gasteiger partial charge in [0.1, 0.15) is 13.2 Å². The van der Waals surface area contributed by atoms with Crippen molar-refractivity contribution in [3.8, 4) is 28.7 Å². The maximum Gasteiger partial charge on any atom is 0.227 e. The molecule has 1 heterocycles. The largest absolute Gasteiger partial charge is 0.494 e. The summed E-state index contributed by atoms with van der Waals surface area (Å²) in [7, 11) is 4.09. The fourth-order valence-electron chi connectivity index (χ4n) is 2.82.